The fourth-order valence-electron chi connectivity index (χ4n) is 3.29. The molecule has 1 aliphatic heterocycles. The highest BCUT2D eigenvalue weighted by Gasteiger charge is 2.22. The van der Waals surface area contributed by atoms with Crippen LogP contribution < -0.4 is 5.32 Å². The first-order chi connectivity index (χ1) is 9.29. The van der Waals surface area contributed by atoms with Gasteiger partial charge in [-0.15, -0.1) is 0 Å². The summed E-state index contributed by atoms with van der Waals surface area (Å²) < 4.78 is 2.38. The molecule has 0 bridgehead atoms. The van der Waals surface area contributed by atoms with Crippen LogP contribution in [0.3, 0.4) is 0 Å². The molecule has 19 heavy (non-hydrogen) atoms. The van der Waals surface area contributed by atoms with Crippen molar-refractivity contribution in [3.8, 4) is 0 Å². The summed E-state index contributed by atoms with van der Waals surface area (Å²) in [5.74, 6) is 0.608. The van der Waals surface area contributed by atoms with Crippen LogP contribution in [-0.4, -0.2) is 17.2 Å². The van der Waals surface area contributed by atoms with E-state index in [2.05, 4.69) is 54.2 Å². The molecule has 0 radical (unpaired) electrons. The van der Waals surface area contributed by atoms with Crippen molar-refractivity contribution in [1.29, 1.82) is 0 Å². The third-order valence-electron chi connectivity index (χ3n) is 4.49. The van der Waals surface area contributed by atoms with Crippen molar-refractivity contribution in [2.45, 2.75) is 51.6 Å². The van der Waals surface area contributed by atoms with Crippen LogP contribution in [0.5, 0.6) is 0 Å². The second kappa shape index (κ2) is 5.38. The molecule has 3 rings (SSSR count). The summed E-state index contributed by atoms with van der Waals surface area (Å²) in [7, 11) is 0. The van der Waals surface area contributed by atoms with Gasteiger partial charge < -0.3 is 9.88 Å². The molecular weight excluding hydrogens is 232 g/mol. The molecule has 2 atom stereocenters. The number of nitrogens with one attached hydrogen (secondary N) is 1. The molecule has 0 saturated carbocycles. The van der Waals surface area contributed by atoms with Crippen LogP contribution in [0.4, 0.5) is 0 Å². The maximum absolute atomic E-state index is 3.63. The Labute approximate surface area is 115 Å². The van der Waals surface area contributed by atoms with Crippen molar-refractivity contribution in [3.63, 3.8) is 0 Å². The first kappa shape index (κ1) is 12.7. The molecule has 2 unspecified atom stereocenters. The Balaban J connectivity index is 1.92. The van der Waals surface area contributed by atoms with E-state index in [1.807, 2.05) is 0 Å². The van der Waals surface area contributed by atoms with Gasteiger partial charge in [-0.25, -0.2) is 0 Å². The minimum absolute atomic E-state index is 0.608. The monoisotopic (exact) mass is 256 g/mol. The van der Waals surface area contributed by atoms with E-state index in [4.69, 9.17) is 0 Å². The first-order valence-electron chi connectivity index (χ1n) is 7.62. The fourth-order valence-corrected chi connectivity index (χ4v) is 3.29. The van der Waals surface area contributed by atoms with E-state index < -0.39 is 0 Å². The number of rotatable bonds is 4. The summed E-state index contributed by atoms with van der Waals surface area (Å²) in [5, 5.41) is 4.99. The zero-order chi connectivity index (χ0) is 13.2. The zero-order valence-corrected chi connectivity index (χ0v) is 12.0. The molecule has 0 aliphatic carbocycles. The molecule has 0 amide bonds. The van der Waals surface area contributed by atoms with Crippen LogP contribution in [-0.2, 0) is 6.54 Å². The summed E-state index contributed by atoms with van der Waals surface area (Å²) in [5.41, 5.74) is 2.87. The van der Waals surface area contributed by atoms with Gasteiger partial charge in [0.15, 0.2) is 0 Å². The number of aromatic nitrogens is 1. The Hall–Kier alpha value is -1.28. The van der Waals surface area contributed by atoms with E-state index >= 15 is 0 Å². The van der Waals surface area contributed by atoms with Gasteiger partial charge in [-0.1, -0.05) is 26.0 Å². The number of nitrogens with zero attached hydrogens (tertiary/aromatic N) is 1. The molecule has 1 saturated heterocycles. The molecule has 1 aliphatic rings. The van der Waals surface area contributed by atoms with E-state index in [1.54, 1.807) is 0 Å². The number of aryl methyl sites for hydroxylation is 1. The number of hydrogen-bond acceptors (Lipinski definition) is 1. The quantitative estimate of drug-likeness (QED) is 0.877. The van der Waals surface area contributed by atoms with Gasteiger partial charge in [-0.2, -0.15) is 0 Å². The molecule has 2 heterocycles. The zero-order valence-electron chi connectivity index (χ0n) is 12.0. The average Bonchev–Trinajstić information content (AvgIpc) is 3.08. The van der Waals surface area contributed by atoms with Crippen LogP contribution in [0.2, 0.25) is 0 Å². The fraction of sp³-hybridized carbons (Fsp3) is 0.529. The lowest BCUT2D eigenvalue weighted by atomic mass is 9.92. The Morgan fingerprint density at radius 1 is 1.37 bits per heavy atom. The van der Waals surface area contributed by atoms with Gasteiger partial charge in [-0.05, 0) is 54.8 Å². The molecule has 2 heteroatoms. The highest BCUT2D eigenvalue weighted by Crippen LogP contribution is 2.28. The minimum Gasteiger partial charge on any atom is -0.347 e. The smallest absolute Gasteiger partial charge is 0.0483 e. The summed E-state index contributed by atoms with van der Waals surface area (Å²) >= 11 is 0. The van der Waals surface area contributed by atoms with Crippen molar-refractivity contribution in [2.24, 2.45) is 0 Å². The molecule has 1 N–H and O–H groups in total. The minimum atomic E-state index is 0.608. The second-order valence-electron chi connectivity index (χ2n) is 5.82. The summed E-state index contributed by atoms with van der Waals surface area (Å²) in [6.45, 7) is 6.89. The van der Waals surface area contributed by atoms with E-state index in [1.165, 1.54) is 42.3 Å². The average molecular weight is 256 g/mol. The van der Waals surface area contributed by atoms with E-state index in [-0.39, 0.29) is 0 Å². The SMILES string of the molecule is CCCn1ccc2ccc(C(C)C3CCCN3)cc21. The van der Waals surface area contributed by atoms with Crippen LogP contribution in [0.1, 0.15) is 44.6 Å². The maximum Gasteiger partial charge on any atom is 0.0483 e. The van der Waals surface area contributed by atoms with Gasteiger partial charge in [-0.3, -0.25) is 0 Å². The third-order valence-corrected chi connectivity index (χ3v) is 4.49. The predicted molar refractivity (Wildman–Crippen MR) is 81.7 cm³/mol. The number of hydrogen-bond donors (Lipinski definition) is 1. The Kier molecular flexibility index (Phi) is 3.61. The van der Waals surface area contributed by atoms with Gasteiger partial charge in [0.1, 0.15) is 0 Å². The van der Waals surface area contributed by atoms with Crippen LogP contribution in [0.25, 0.3) is 10.9 Å². The summed E-state index contributed by atoms with van der Waals surface area (Å²) in [6.07, 6.45) is 6.04. The molecule has 1 fully saturated rings. The third kappa shape index (κ3) is 2.42. The lowest BCUT2D eigenvalue weighted by Gasteiger charge is -2.20. The largest absolute Gasteiger partial charge is 0.347 e. The molecule has 2 aromatic rings. The van der Waals surface area contributed by atoms with Gasteiger partial charge in [0, 0.05) is 24.3 Å². The molecule has 102 valence electrons. The highest BCUT2D eigenvalue weighted by molar-refractivity contribution is 5.81. The van der Waals surface area contributed by atoms with Gasteiger partial charge in [0.2, 0.25) is 0 Å². The van der Waals surface area contributed by atoms with Gasteiger partial charge in [0.05, 0.1) is 0 Å². The molecule has 2 nitrogen and oxygen atoms in total. The standard InChI is InChI=1S/C17H24N2/c1-3-10-19-11-8-14-6-7-15(12-17(14)19)13(2)16-5-4-9-18-16/h6-8,11-13,16,18H,3-5,9-10H2,1-2H3. The lowest BCUT2D eigenvalue weighted by Crippen LogP contribution is -2.27. The Bertz CT molecular complexity index is 549. The van der Waals surface area contributed by atoms with Gasteiger partial charge >= 0.3 is 0 Å². The molecular formula is C17H24N2. The van der Waals surface area contributed by atoms with E-state index in [9.17, 15) is 0 Å². The van der Waals surface area contributed by atoms with Crippen LogP contribution in [0.15, 0.2) is 30.5 Å². The van der Waals surface area contributed by atoms with Crippen LogP contribution in [0, 0.1) is 0 Å². The van der Waals surface area contributed by atoms with Gasteiger partial charge in [0.25, 0.3) is 0 Å². The highest BCUT2D eigenvalue weighted by atomic mass is 15.0. The first-order valence-corrected chi connectivity index (χ1v) is 7.62. The molecule has 1 aromatic heterocycles. The van der Waals surface area contributed by atoms with Crippen molar-refractivity contribution in [3.05, 3.63) is 36.0 Å². The number of fused-ring (bicyclic) bond motifs is 1. The Morgan fingerprint density at radius 2 is 2.26 bits per heavy atom. The van der Waals surface area contributed by atoms with Crippen molar-refractivity contribution < 1.29 is 0 Å². The van der Waals surface area contributed by atoms with Crippen molar-refractivity contribution in [1.82, 2.24) is 9.88 Å². The Morgan fingerprint density at radius 3 is 3.00 bits per heavy atom. The van der Waals surface area contributed by atoms with Crippen LogP contribution >= 0.6 is 0 Å². The second-order valence-corrected chi connectivity index (χ2v) is 5.82. The lowest BCUT2D eigenvalue weighted by molar-refractivity contribution is 0.518. The van der Waals surface area contributed by atoms with Crippen molar-refractivity contribution >= 4 is 10.9 Å². The van der Waals surface area contributed by atoms with Crippen molar-refractivity contribution in [2.75, 3.05) is 6.54 Å². The molecule has 1 aromatic carbocycles. The predicted octanol–water partition coefficient (Wildman–Crippen LogP) is 3.91. The summed E-state index contributed by atoms with van der Waals surface area (Å²) in [6, 6.07) is 9.88. The normalized spacial score (nSPS) is 21.1. The number of benzene rings is 1. The maximum atomic E-state index is 3.63. The topological polar surface area (TPSA) is 17.0 Å². The molecule has 0 spiro atoms. The van der Waals surface area contributed by atoms with E-state index in [0.29, 0.717) is 12.0 Å². The summed E-state index contributed by atoms with van der Waals surface area (Å²) in [4.78, 5) is 0. The van der Waals surface area contributed by atoms with E-state index in [0.717, 1.165) is 6.54 Å².